The average Bonchev–Trinajstić information content (AvgIpc) is 3.07. The highest BCUT2D eigenvalue weighted by molar-refractivity contribution is 5.89. The number of hydrogen-bond donors (Lipinski definition) is 5. The molecule has 1 fully saturated rings. The van der Waals surface area contributed by atoms with Crippen LogP contribution in [0.25, 0.3) is 10.9 Å². The molecule has 2 heterocycles. The minimum absolute atomic E-state index is 0.0678. The zero-order valence-electron chi connectivity index (χ0n) is 11.8. The van der Waals surface area contributed by atoms with E-state index in [-0.39, 0.29) is 24.0 Å². The van der Waals surface area contributed by atoms with Crippen LogP contribution in [-0.2, 0) is 0 Å². The third-order valence-electron chi connectivity index (χ3n) is 5.24. The molecule has 2 aliphatic rings. The van der Waals surface area contributed by atoms with Gasteiger partial charge >= 0.3 is 6.03 Å². The Kier molecular flexibility index (Phi) is 2.41. The first-order chi connectivity index (χ1) is 10.0. The molecular weight excluding hydrogens is 266 g/mol. The number of aromatic nitrogens is 1. The van der Waals surface area contributed by atoms with Crippen LogP contribution in [0.1, 0.15) is 30.0 Å². The Labute approximate surface area is 122 Å². The molecule has 110 valence electrons. The number of benzene rings is 1. The summed E-state index contributed by atoms with van der Waals surface area (Å²) in [5.74, 6) is 0.0678. The summed E-state index contributed by atoms with van der Waals surface area (Å²) in [7, 11) is 0. The van der Waals surface area contributed by atoms with Crippen molar-refractivity contribution in [1.29, 1.82) is 0 Å². The molecule has 0 saturated carbocycles. The number of carbonyl (C=O) groups is 1. The van der Waals surface area contributed by atoms with Gasteiger partial charge < -0.3 is 27.1 Å². The molecule has 0 bridgehead atoms. The minimum Gasteiger partial charge on any atom is -0.361 e. The van der Waals surface area contributed by atoms with Gasteiger partial charge in [0.15, 0.2) is 0 Å². The van der Waals surface area contributed by atoms with Crippen LogP contribution in [0.5, 0.6) is 0 Å². The predicted molar refractivity (Wildman–Crippen MR) is 80.9 cm³/mol. The standard InChI is InChI=1S/C15H19N5O/c1-7-8-3-2-4-10-11(8)9(5-18-10)12(16)13(17)15(7)6-19-14(21)20-15/h2-5,7,12-13,18H,6,16-17H2,1H3,(H2,19,20,21)/t7-,12?,13-,15-/m0/s1. The van der Waals surface area contributed by atoms with E-state index in [1.54, 1.807) is 0 Å². The number of aromatic amines is 1. The molecule has 6 nitrogen and oxygen atoms in total. The second-order valence-corrected chi connectivity index (χ2v) is 6.14. The second-order valence-electron chi connectivity index (χ2n) is 6.14. The number of H-pyrrole nitrogens is 1. The van der Waals surface area contributed by atoms with Gasteiger partial charge in [-0.2, -0.15) is 0 Å². The minimum atomic E-state index is -0.559. The first-order valence-electron chi connectivity index (χ1n) is 7.21. The molecule has 4 atom stereocenters. The Morgan fingerprint density at radius 2 is 2.10 bits per heavy atom. The molecule has 1 aromatic heterocycles. The van der Waals surface area contributed by atoms with E-state index < -0.39 is 5.54 Å². The van der Waals surface area contributed by atoms with Gasteiger partial charge in [-0.25, -0.2) is 4.79 Å². The van der Waals surface area contributed by atoms with Gasteiger partial charge in [0.2, 0.25) is 0 Å². The lowest BCUT2D eigenvalue weighted by atomic mass is 9.75. The highest BCUT2D eigenvalue weighted by Gasteiger charge is 2.52. The van der Waals surface area contributed by atoms with Gasteiger partial charge in [-0.3, -0.25) is 0 Å². The van der Waals surface area contributed by atoms with Gasteiger partial charge in [0, 0.05) is 41.6 Å². The summed E-state index contributed by atoms with van der Waals surface area (Å²) in [6.45, 7) is 2.60. The van der Waals surface area contributed by atoms with Crippen molar-refractivity contribution in [3.63, 3.8) is 0 Å². The van der Waals surface area contributed by atoms with Gasteiger partial charge in [-0.1, -0.05) is 19.1 Å². The van der Waals surface area contributed by atoms with Crippen LogP contribution in [0.15, 0.2) is 24.4 Å². The summed E-state index contributed by atoms with van der Waals surface area (Å²) in [4.78, 5) is 15.0. The molecule has 6 heteroatoms. The molecule has 0 radical (unpaired) electrons. The van der Waals surface area contributed by atoms with Crippen LogP contribution in [0.3, 0.4) is 0 Å². The van der Waals surface area contributed by atoms with Gasteiger partial charge in [0.05, 0.1) is 5.54 Å². The van der Waals surface area contributed by atoms with Crippen LogP contribution in [0.4, 0.5) is 4.79 Å². The lowest BCUT2D eigenvalue weighted by molar-refractivity contribution is 0.228. The zero-order valence-corrected chi connectivity index (χ0v) is 11.8. The van der Waals surface area contributed by atoms with E-state index in [1.165, 1.54) is 5.56 Å². The quantitative estimate of drug-likeness (QED) is 0.490. The van der Waals surface area contributed by atoms with Crippen LogP contribution in [-0.4, -0.2) is 29.1 Å². The highest BCUT2D eigenvalue weighted by atomic mass is 16.2. The van der Waals surface area contributed by atoms with E-state index in [0.29, 0.717) is 6.54 Å². The Bertz CT molecular complexity index is 739. The van der Waals surface area contributed by atoms with Crippen molar-refractivity contribution < 1.29 is 4.79 Å². The molecule has 1 aliphatic carbocycles. The topological polar surface area (TPSA) is 109 Å². The average molecular weight is 285 g/mol. The molecule has 21 heavy (non-hydrogen) atoms. The first-order valence-corrected chi connectivity index (χ1v) is 7.21. The maximum atomic E-state index is 11.8. The summed E-state index contributed by atoms with van der Waals surface area (Å²) in [5.41, 5.74) is 15.6. The molecule has 7 N–H and O–H groups in total. The number of nitrogens with two attached hydrogens (primary N) is 2. The lowest BCUT2D eigenvalue weighted by Crippen LogP contribution is -2.63. The molecule has 1 unspecified atom stereocenters. The van der Waals surface area contributed by atoms with E-state index >= 15 is 0 Å². The van der Waals surface area contributed by atoms with Crippen molar-refractivity contribution in [3.8, 4) is 0 Å². The van der Waals surface area contributed by atoms with Crippen molar-refractivity contribution in [3.05, 3.63) is 35.5 Å². The Morgan fingerprint density at radius 1 is 1.29 bits per heavy atom. The summed E-state index contributed by atoms with van der Waals surface area (Å²) in [5, 5.41) is 7.03. The van der Waals surface area contributed by atoms with Gasteiger partial charge in [-0.15, -0.1) is 0 Å². The third-order valence-corrected chi connectivity index (χ3v) is 5.24. The predicted octanol–water partition coefficient (Wildman–Crippen LogP) is 0.664. The zero-order chi connectivity index (χ0) is 14.8. The summed E-state index contributed by atoms with van der Waals surface area (Å²) < 4.78 is 0. The lowest BCUT2D eigenvalue weighted by Gasteiger charge is -2.40. The Hall–Kier alpha value is -2.05. The summed E-state index contributed by atoms with van der Waals surface area (Å²) in [6, 6.07) is 5.29. The van der Waals surface area contributed by atoms with E-state index in [0.717, 1.165) is 16.5 Å². The normalized spacial score (nSPS) is 34.8. The summed E-state index contributed by atoms with van der Waals surface area (Å²) in [6.07, 6.45) is 1.94. The number of rotatable bonds is 0. The maximum Gasteiger partial charge on any atom is 0.315 e. The molecule has 1 saturated heterocycles. The van der Waals surface area contributed by atoms with Crippen LogP contribution < -0.4 is 22.1 Å². The highest BCUT2D eigenvalue weighted by Crippen LogP contribution is 2.44. The van der Waals surface area contributed by atoms with Crippen molar-refractivity contribution in [1.82, 2.24) is 15.6 Å². The second kappa shape index (κ2) is 3.99. The number of amides is 2. The van der Waals surface area contributed by atoms with Crippen LogP contribution >= 0.6 is 0 Å². The van der Waals surface area contributed by atoms with Crippen LogP contribution in [0.2, 0.25) is 0 Å². The Morgan fingerprint density at radius 3 is 2.81 bits per heavy atom. The smallest absolute Gasteiger partial charge is 0.315 e. The molecule has 2 amide bonds. The fourth-order valence-electron chi connectivity index (χ4n) is 3.93. The SMILES string of the molecule is C[C@H]1c2cccc3[nH]cc(c23)C(N)[C@H](N)[C@]12CNC(=O)N2. The molecule has 2 aromatic rings. The fraction of sp³-hybridized carbons (Fsp3) is 0.400. The van der Waals surface area contributed by atoms with E-state index in [1.807, 2.05) is 18.3 Å². The molecular formula is C15H19N5O. The third kappa shape index (κ3) is 1.46. The molecule has 1 aliphatic heterocycles. The van der Waals surface area contributed by atoms with E-state index in [4.69, 9.17) is 11.5 Å². The van der Waals surface area contributed by atoms with Gasteiger partial charge in [-0.05, 0) is 17.2 Å². The van der Waals surface area contributed by atoms with Crippen molar-refractivity contribution in [2.24, 2.45) is 11.5 Å². The van der Waals surface area contributed by atoms with E-state index in [2.05, 4.69) is 28.6 Å². The Balaban J connectivity index is 2.00. The number of nitrogens with one attached hydrogen (secondary N) is 3. The van der Waals surface area contributed by atoms with E-state index in [9.17, 15) is 4.79 Å². The molecule has 4 rings (SSSR count). The fourth-order valence-corrected chi connectivity index (χ4v) is 3.93. The largest absolute Gasteiger partial charge is 0.361 e. The van der Waals surface area contributed by atoms with Gasteiger partial charge in [0.1, 0.15) is 0 Å². The summed E-state index contributed by atoms with van der Waals surface area (Å²) >= 11 is 0. The van der Waals surface area contributed by atoms with Crippen molar-refractivity contribution in [2.45, 2.75) is 30.5 Å². The monoisotopic (exact) mass is 285 g/mol. The number of urea groups is 1. The maximum absolute atomic E-state index is 11.8. The van der Waals surface area contributed by atoms with Crippen molar-refractivity contribution >= 4 is 16.9 Å². The molecule has 1 aromatic carbocycles. The van der Waals surface area contributed by atoms with Crippen molar-refractivity contribution in [2.75, 3.05) is 6.54 Å². The number of carbonyl (C=O) groups excluding carboxylic acids is 1. The van der Waals surface area contributed by atoms with Gasteiger partial charge in [0.25, 0.3) is 0 Å². The number of hydrogen-bond acceptors (Lipinski definition) is 3. The molecule has 1 spiro atoms. The first kappa shape index (κ1) is 12.7. The van der Waals surface area contributed by atoms with Crippen LogP contribution in [0, 0.1) is 0 Å².